The fourth-order valence-electron chi connectivity index (χ4n) is 1.81. The molecule has 0 aliphatic rings. The number of carbonyl (C=O) groups excluding carboxylic acids is 1. The van der Waals surface area contributed by atoms with Gasteiger partial charge in [-0.2, -0.15) is 0 Å². The fraction of sp³-hybridized carbons (Fsp3) is 0.267. The number of amides is 1. The van der Waals surface area contributed by atoms with Gasteiger partial charge in [0.25, 0.3) is 5.91 Å². The first-order valence-electron chi connectivity index (χ1n) is 6.11. The number of hydrogen-bond donors (Lipinski definition) is 2. The molecule has 1 amide bonds. The molecule has 0 atom stereocenters. The van der Waals surface area contributed by atoms with Crippen LogP contribution in [-0.4, -0.2) is 24.2 Å². The van der Waals surface area contributed by atoms with Crippen LogP contribution in [0.2, 0.25) is 0 Å². The molecule has 1 heterocycles. The third kappa shape index (κ3) is 2.95. The Morgan fingerprint density at radius 3 is 3.00 bits per heavy atom. The van der Waals surface area contributed by atoms with E-state index in [0.29, 0.717) is 11.1 Å². The zero-order chi connectivity index (χ0) is 13.7. The van der Waals surface area contributed by atoms with Crippen LogP contribution < -0.4 is 5.32 Å². The first-order chi connectivity index (χ1) is 9.26. The lowest BCUT2D eigenvalue weighted by Gasteiger charge is -2.00. The van der Waals surface area contributed by atoms with Crippen molar-refractivity contribution in [2.45, 2.75) is 13.3 Å². The summed E-state index contributed by atoms with van der Waals surface area (Å²) < 4.78 is 5.36. The number of benzene rings is 1. The summed E-state index contributed by atoms with van der Waals surface area (Å²) in [5, 5.41) is 12.0. The quantitative estimate of drug-likeness (QED) is 0.823. The number of furan rings is 1. The average Bonchev–Trinajstić information content (AvgIpc) is 2.86. The standard InChI is InChI=1S/C15H15NO3/c1-2-11-5-6-14-12(9-11)13(10-19-14)15(18)16-7-3-4-8-17/h5-6,9-10,17H,2,7-8H2,1H3,(H,16,18). The Bertz CT molecular complexity index is 646. The number of hydrogen-bond acceptors (Lipinski definition) is 3. The zero-order valence-corrected chi connectivity index (χ0v) is 10.7. The molecule has 0 fully saturated rings. The second-order valence-electron chi connectivity index (χ2n) is 4.03. The summed E-state index contributed by atoms with van der Waals surface area (Å²) in [5.74, 6) is 4.88. The highest BCUT2D eigenvalue weighted by Gasteiger charge is 2.13. The molecule has 0 unspecified atom stereocenters. The van der Waals surface area contributed by atoms with E-state index in [1.54, 1.807) is 0 Å². The summed E-state index contributed by atoms with van der Waals surface area (Å²) in [6, 6.07) is 5.82. The maximum atomic E-state index is 12.0. The molecule has 98 valence electrons. The Kier molecular flexibility index (Phi) is 4.22. The normalized spacial score (nSPS) is 10.0. The highest BCUT2D eigenvalue weighted by Crippen LogP contribution is 2.22. The monoisotopic (exact) mass is 257 g/mol. The van der Waals surface area contributed by atoms with Crippen LogP contribution in [0.1, 0.15) is 22.8 Å². The fourth-order valence-corrected chi connectivity index (χ4v) is 1.81. The molecule has 1 aromatic heterocycles. The number of aliphatic hydroxyl groups is 1. The van der Waals surface area contributed by atoms with E-state index in [1.165, 1.54) is 6.26 Å². The lowest BCUT2D eigenvalue weighted by atomic mass is 10.1. The molecule has 0 saturated heterocycles. The Balaban J connectivity index is 2.21. The van der Waals surface area contributed by atoms with E-state index < -0.39 is 0 Å². The van der Waals surface area contributed by atoms with E-state index in [1.807, 2.05) is 18.2 Å². The molecule has 4 heteroatoms. The second kappa shape index (κ2) is 6.07. The maximum Gasteiger partial charge on any atom is 0.255 e. The van der Waals surface area contributed by atoms with Crippen molar-refractivity contribution in [1.29, 1.82) is 0 Å². The number of nitrogens with one attached hydrogen (secondary N) is 1. The van der Waals surface area contributed by atoms with Crippen LogP contribution in [0.5, 0.6) is 0 Å². The van der Waals surface area contributed by atoms with Crippen molar-refractivity contribution < 1.29 is 14.3 Å². The smallest absolute Gasteiger partial charge is 0.255 e. The number of aryl methyl sites for hydroxylation is 1. The van der Waals surface area contributed by atoms with E-state index in [4.69, 9.17) is 9.52 Å². The SMILES string of the molecule is CCc1ccc2occ(C(=O)NCC#CCO)c2c1. The van der Waals surface area contributed by atoms with E-state index in [2.05, 4.69) is 24.1 Å². The molecule has 1 aromatic carbocycles. The predicted molar refractivity (Wildman–Crippen MR) is 72.8 cm³/mol. The van der Waals surface area contributed by atoms with Crippen LogP contribution in [0.3, 0.4) is 0 Å². The summed E-state index contributed by atoms with van der Waals surface area (Å²) in [6.07, 6.45) is 2.36. The Morgan fingerprint density at radius 1 is 1.42 bits per heavy atom. The van der Waals surface area contributed by atoms with E-state index in [9.17, 15) is 4.79 Å². The summed E-state index contributed by atoms with van der Waals surface area (Å²) in [5.41, 5.74) is 2.36. The molecule has 2 rings (SSSR count). The minimum atomic E-state index is -0.223. The molecule has 0 aliphatic carbocycles. The lowest BCUT2D eigenvalue weighted by Crippen LogP contribution is -2.23. The van der Waals surface area contributed by atoms with Gasteiger partial charge >= 0.3 is 0 Å². The maximum absolute atomic E-state index is 12.0. The third-order valence-corrected chi connectivity index (χ3v) is 2.83. The van der Waals surface area contributed by atoms with E-state index >= 15 is 0 Å². The summed E-state index contributed by atoms with van der Waals surface area (Å²) in [7, 11) is 0. The summed E-state index contributed by atoms with van der Waals surface area (Å²) in [6.45, 7) is 2.06. The molecule has 0 radical (unpaired) electrons. The minimum absolute atomic E-state index is 0.204. The van der Waals surface area contributed by atoms with Gasteiger partial charge in [-0.15, -0.1) is 0 Å². The molecule has 2 aromatic rings. The summed E-state index contributed by atoms with van der Waals surface area (Å²) >= 11 is 0. The highest BCUT2D eigenvalue weighted by molar-refractivity contribution is 6.06. The topological polar surface area (TPSA) is 62.5 Å². The van der Waals surface area contributed by atoms with Crippen molar-refractivity contribution in [3.63, 3.8) is 0 Å². The van der Waals surface area contributed by atoms with Gasteiger partial charge in [-0.05, 0) is 24.1 Å². The molecule has 0 saturated carbocycles. The number of fused-ring (bicyclic) bond motifs is 1. The van der Waals surface area contributed by atoms with Gasteiger partial charge in [0.05, 0.1) is 12.1 Å². The van der Waals surface area contributed by atoms with Gasteiger partial charge in [0.2, 0.25) is 0 Å². The Labute approximate surface area is 111 Å². The van der Waals surface area contributed by atoms with Crippen molar-refractivity contribution in [2.24, 2.45) is 0 Å². The van der Waals surface area contributed by atoms with Crippen molar-refractivity contribution >= 4 is 16.9 Å². The molecule has 0 bridgehead atoms. The van der Waals surface area contributed by atoms with Gasteiger partial charge in [0, 0.05) is 5.39 Å². The first-order valence-corrected chi connectivity index (χ1v) is 6.11. The molecule has 2 N–H and O–H groups in total. The zero-order valence-electron chi connectivity index (χ0n) is 10.7. The van der Waals surface area contributed by atoms with E-state index in [-0.39, 0.29) is 19.1 Å². The van der Waals surface area contributed by atoms with Crippen LogP contribution in [0.4, 0.5) is 0 Å². The van der Waals surface area contributed by atoms with Crippen LogP contribution >= 0.6 is 0 Å². The number of aliphatic hydroxyl groups excluding tert-OH is 1. The van der Waals surface area contributed by atoms with Gasteiger partial charge in [-0.25, -0.2) is 0 Å². The van der Waals surface area contributed by atoms with Gasteiger partial charge < -0.3 is 14.8 Å². The Hall–Kier alpha value is -2.25. The largest absolute Gasteiger partial charge is 0.463 e. The summed E-state index contributed by atoms with van der Waals surface area (Å²) in [4.78, 5) is 12.0. The third-order valence-electron chi connectivity index (χ3n) is 2.83. The molecule has 0 aliphatic heterocycles. The van der Waals surface area contributed by atoms with Gasteiger partial charge in [-0.3, -0.25) is 4.79 Å². The van der Waals surface area contributed by atoms with Crippen LogP contribution in [0, 0.1) is 11.8 Å². The van der Waals surface area contributed by atoms with Gasteiger partial charge in [0.15, 0.2) is 0 Å². The van der Waals surface area contributed by atoms with Crippen molar-refractivity contribution in [3.05, 3.63) is 35.6 Å². The second-order valence-corrected chi connectivity index (χ2v) is 4.03. The lowest BCUT2D eigenvalue weighted by molar-refractivity contribution is 0.0959. The molecule has 19 heavy (non-hydrogen) atoms. The predicted octanol–water partition coefficient (Wildman–Crippen LogP) is 1.72. The number of carbonyl (C=O) groups is 1. The molecule has 0 spiro atoms. The molecular weight excluding hydrogens is 242 g/mol. The minimum Gasteiger partial charge on any atom is -0.463 e. The van der Waals surface area contributed by atoms with Crippen LogP contribution in [-0.2, 0) is 6.42 Å². The molecule has 4 nitrogen and oxygen atoms in total. The highest BCUT2D eigenvalue weighted by atomic mass is 16.3. The first kappa shape index (κ1) is 13.2. The van der Waals surface area contributed by atoms with Crippen LogP contribution in [0.25, 0.3) is 11.0 Å². The van der Waals surface area contributed by atoms with Crippen molar-refractivity contribution in [2.75, 3.05) is 13.2 Å². The number of rotatable bonds is 3. The molecular formula is C15H15NO3. The van der Waals surface area contributed by atoms with Gasteiger partial charge in [-0.1, -0.05) is 24.8 Å². The van der Waals surface area contributed by atoms with Crippen molar-refractivity contribution in [3.8, 4) is 11.8 Å². The van der Waals surface area contributed by atoms with Crippen molar-refractivity contribution in [1.82, 2.24) is 5.32 Å². The van der Waals surface area contributed by atoms with E-state index in [0.717, 1.165) is 17.4 Å². The average molecular weight is 257 g/mol. The van der Waals surface area contributed by atoms with Crippen LogP contribution in [0.15, 0.2) is 28.9 Å². The van der Waals surface area contributed by atoms with Gasteiger partial charge in [0.1, 0.15) is 18.5 Å². The Morgan fingerprint density at radius 2 is 2.26 bits per heavy atom.